The zero-order valence-electron chi connectivity index (χ0n) is 11.7. The molecule has 0 spiro atoms. The average molecular weight is 311 g/mol. The molecular weight excluding hydrogens is 292 g/mol. The first kappa shape index (κ1) is 17.2. The van der Waals surface area contributed by atoms with Crippen molar-refractivity contribution < 1.29 is 9.53 Å². The molecule has 0 aliphatic rings. The molecule has 6 nitrogen and oxygen atoms in total. The van der Waals surface area contributed by atoms with Gasteiger partial charge in [0.1, 0.15) is 6.04 Å². The van der Waals surface area contributed by atoms with Gasteiger partial charge in [-0.05, 0) is 5.56 Å². The molecule has 0 fully saturated rings. The molecule has 3 N–H and O–H groups in total. The summed E-state index contributed by atoms with van der Waals surface area (Å²) in [6, 6.07) is 9.28. The van der Waals surface area contributed by atoms with E-state index < -0.39 is 6.04 Å². The Kier molecular flexibility index (Phi) is 6.87. The molecule has 0 aliphatic carbocycles. The lowest BCUT2D eigenvalue weighted by Crippen LogP contribution is -2.39. The second kappa shape index (κ2) is 8.41. The maximum Gasteiger partial charge on any atom is 0.243 e. The number of nitrogens with zero attached hydrogens (tertiary/aromatic N) is 2. The van der Waals surface area contributed by atoms with E-state index in [2.05, 4.69) is 10.4 Å². The van der Waals surface area contributed by atoms with Crippen LogP contribution in [0, 0.1) is 0 Å². The van der Waals surface area contributed by atoms with Crippen molar-refractivity contribution in [2.24, 2.45) is 5.73 Å². The first-order valence-corrected chi connectivity index (χ1v) is 6.31. The molecule has 1 aromatic carbocycles. The molecule has 21 heavy (non-hydrogen) atoms. The van der Waals surface area contributed by atoms with Gasteiger partial charge in [-0.2, -0.15) is 5.10 Å². The van der Waals surface area contributed by atoms with Gasteiger partial charge in [-0.15, -0.1) is 12.4 Å². The largest absolute Gasteiger partial charge is 0.383 e. The normalized spacial score (nSPS) is 11.5. The van der Waals surface area contributed by atoms with Crippen LogP contribution in [-0.2, 0) is 16.1 Å². The summed E-state index contributed by atoms with van der Waals surface area (Å²) in [5, 5.41) is 6.91. The topological polar surface area (TPSA) is 82.2 Å². The second-order valence-corrected chi connectivity index (χ2v) is 4.46. The Bertz CT molecular complexity index is 559. The Morgan fingerprint density at radius 1 is 1.43 bits per heavy atom. The molecule has 114 valence electrons. The molecule has 0 bridgehead atoms. The fourth-order valence-corrected chi connectivity index (χ4v) is 1.78. The predicted molar refractivity (Wildman–Crippen MR) is 83.5 cm³/mol. The molecule has 7 heteroatoms. The van der Waals surface area contributed by atoms with Crippen LogP contribution in [0.15, 0.2) is 42.7 Å². The van der Waals surface area contributed by atoms with E-state index >= 15 is 0 Å². The highest BCUT2D eigenvalue weighted by Crippen LogP contribution is 2.08. The fraction of sp³-hybridized carbons (Fsp3) is 0.286. The number of nitrogens with two attached hydrogens (primary N) is 1. The summed E-state index contributed by atoms with van der Waals surface area (Å²) >= 11 is 0. The van der Waals surface area contributed by atoms with Crippen LogP contribution in [0.3, 0.4) is 0 Å². The standard InChI is InChI=1S/C14H18N4O2.ClH/c1-20-10-13(15)14(19)17-12-7-16-18(9-12)8-11-5-3-2-4-6-11;/h2-7,9,13H,8,10,15H2,1H3,(H,17,19);1H. The van der Waals surface area contributed by atoms with Crippen LogP contribution in [0.4, 0.5) is 5.69 Å². The number of anilines is 1. The summed E-state index contributed by atoms with van der Waals surface area (Å²) in [7, 11) is 1.50. The number of halogens is 1. The zero-order valence-corrected chi connectivity index (χ0v) is 12.5. The summed E-state index contributed by atoms with van der Waals surface area (Å²) in [5.74, 6) is -0.286. The first-order chi connectivity index (χ1) is 9.69. The third-order valence-electron chi connectivity index (χ3n) is 2.77. The van der Waals surface area contributed by atoms with Crippen molar-refractivity contribution in [3.8, 4) is 0 Å². The number of ether oxygens (including phenoxy) is 1. The molecule has 1 heterocycles. The van der Waals surface area contributed by atoms with E-state index in [0.29, 0.717) is 12.2 Å². The van der Waals surface area contributed by atoms with Gasteiger partial charge in [-0.1, -0.05) is 30.3 Å². The van der Waals surface area contributed by atoms with Crippen LogP contribution in [0.25, 0.3) is 0 Å². The molecule has 1 unspecified atom stereocenters. The van der Waals surface area contributed by atoms with Gasteiger partial charge in [0.15, 0.2) is 0 Å². The minimum Gasteiger partial charge on any atom is -0.383 e. The third kappa shape index (κ3) is 5.18. The smallest absolute Gasteiger partial charge is 0.243 e. The number of amides is 1. The van der Waals surface area contributed by atoms with Gasteiger partial charge in [0.05, 0.1) is 25.0 Å². The van der Waals surface area contributed by atoms with Crippen LogP contribution in [0.1, 0.15) is 5.56 Å². The van der Waals surface area contributed by atoms with Gasteiger partial charge in [-0.25, -0.2) is 0 Å². The highest BCUT2D eigenvalue weighted by Gasteiger charge is 2.13. The van der Waals surface area contributed by atoms with Crippen molar-refractivity contribution in [2.45, 2.75) is 12.6 Å². The molecule has 2 aromatic rings. The number of rotatable bonds is 6. The maximum absolute atomic E-state index is 11.7. The molecule has 0 aliphatic heterocycles. The SMILES string of the molecule is COCC(N)C(=O)Nc1cnn(Cc2ccccc2)c1.Cl. The summed E-state index contributed by atoms with van der Waals surface area (Å²) < 4.78 is 6.60. The van der Waals surface area contributed by atoms with Crippen molar-refractivity contribution in [1.82, 2.24) is 9.78 Å². The van der Waals surface area contributed by atoms with Gasteiger partial charge in [0.25, 0.3) is 0 Å². The Hall–Kier alpha value is -1.89. The van der Waals surface area contributed by atoms with E-state index in [1.54, 1.807) is 17.1 Å². The van der Waals surface area contributed by atoms with Crippen LogP contribution < -0.4 is 11.1 Å². The Morgan fingerprint density at radius 3 is 2.81 bits per heavy atom. The van der Waals surface area contributed by atoms with Gasteiger partial charge >= 0.3 is 0 Å². The van der Waals surface area contributed by atoms with Crippen molar-refractivity contribution in [1.29, 1.82) is 0 Å². The lowest BCUT2D eigenvalue weighted by molar-refractivity contribution is -0.118. The molecule has 1 atom stereocenters. The quantitative estimate of drug-likeness (QED) is 0.841. The summed E-state index contributed by atoms with van der Waals surface area (Å²) in [6.45, 7) is 0.838. The van der Waals surface area contributed by atoms with E-state index in [9.17, 15) is 4.79 Å². The van der Waals surface area contributed by atoms with Gasteiger partial charge < -0.3 is 15.8 Å². The lowest BCUT2D eigenvalue weighted by atomic mass is 10.2. The number of aromatic nitrogens is 2. The Morgan fingerprint density at radius 2 is 2.14 bits per heavy atom. The monoisotopic (exact) mass is 310 g/mol. The number of carbonyl (C=O) groups is 1. The molecule has 0 saturated carbocycles. The van der Waals surface area contributed by atoms with E-state index in [0.717, 1.165) is 5.56 Å². The molecule has 1 aromatic heterocycles. The van der Waals surface area contributed by atoms with Crippen LogP contribution in [-0.4, -0.2) is 35.4 Å². The van der Waals surface area contributed by atoms with Crippen LogP contribution in [0.5, 0.6) is 0 Å². The maximum atomic E-state index is 11.7. The Balaban J connectivity index is 0.00000220. The van der Waals surface area contributed by atoms with Crippen molar-refractivity contribution >= 4 is 24.0 Å². The van der Waals surface area contributed by atoms with Gasteiger partial charge in [-0.3, -0.25) is 9.48 Å². The molecule has 1 amide bonds. The summed E-state index contributed by atoms with van der Waals surface area (Å²) in [5.41, 5.74) is 7.41. The van der Waals surface area contributed by atoms with E-state index in [1.807, 2.05) is 30.3 Å². The number of benzene rings is 1. The lowest BCUT2D eigenvalue weighted by Gasteiger charge is -2.09. The fourth-order valence-electron chi connectivity index (χ4n) is 1.78. The van der Waals surface area contributed by atoms with Crippen molar-refractivity contribution in [2.75, 3.05) is 19.0 Å². The van der Waals surface area contributed by atoms with Crippen LogP contribution >= 0.6 is 12.4 Å². The Labute approximate surface area is 129 Å². The number of hydrogen-bond donors (Lipinski definition) is 2. The van der Waals surface area contributed by atoms with Gasteiger partial charge in [0.2, 0.25) is 5.91 Å². The number of hydrogen-bond acceptors (Lipinski definition) is 4. The van der Waals surface area contributed by atoms with E-state index in [4.69, 9.17) is 10.5 Å². The summed E-state index contributed by atoms with van der Waals surface area (Å²) in [6.07, 6.45) is 3.37. The van der Waals surface area contributed by atoms with E-state index in [-0.39, 0.29) is 24.9 Å². The minimum atomic E-state index is -0.683. The first-order valence-electron chi connectivity index (χ1n) is 6.31. The number of nitrogens with one attached hydrogen (secondary N) is 1. The van der Waals surface area contributed by atoms with Crippen LogP contribution in [0.2, 0.25) is 0 Å². The molecular formula is C14H19ClN4O2. The number of methoxy groups -OCH3 is 1. The van der Waals surface area contributed by atoms with E-state index in [1.165, 1.54) is 7.11 Å². The predicted octanol–water partition coefficient (Wildman–Crippen LogP) is 1.27. The molecule has 0 saturated heterocycles. The minimum absolute atomic E-state index is 0. The number of carbonyl (C=O) groups excluding carboxylic acids is 1. The summed E-state index contributed by atoms with van der Waals surface area (Å²) in [4.78, 5) is 11.7. The highest BCUT2D eigenvalue weighted by atomic mass is 35.5. The zero-order chi connectivity index (χ0) is 14.4. The van der Waals surface area contributed by atoms with Crippen molar-refractivity contribution in [3.63, 3.8) is 0 Å². The second-order valence-electron chi connectivity index (χ2n) is 4.46. The highest BCUT2D eigenvalue weighted by molar-refractivity contribution is 5.94. The van der Waals surface area contributed by atoms with Gasteiger partial charge in [0, 0.05) is 13.3 Å². The molecule has 2 rings (SSSR count). The molecule has 0 radical (unpaired) electrons. The van der Waals surface area contributed by atoms with Crippen molar-refractivity contribution in [3.05, 3.63) is 48.3 Å². The third-order valence-corrected chi connectivity index (χ3v) is 2.77. The average Bonchev–Trinajstić information content (AvgIpc) is 2.87.